The highest BCUT2D eigenvalue weighted by Gasteiger charge is 2.36. The van der Waals surface area contributed by atoms with Crippen molar-refractivity contribution < 1.29 is 31.8 Å². The molecule has 0 saturated heterocycles. The van der Waals surface area contributed by atoms with Crippen LogP contribution in [0, 0.1) is 32.4 Å². The summed E-state index contributed by atoms with van der Waals surface area (Å²) in [7, 11) is -3.90. The third-order valence-electron chi connectivity index (χ3n) is 7.45. The highest BCUT2D eigenvalue weighted by Crippen LogP contribution is 2.52. The smallest absolute Gasteiger partial charge is 0.303 e. The minimum absolute atomic E-state index is 0.0311. The van der Waals surface area contributed by atoms with E-state index in [1.54, 1.807) is 13.8 Å². The molecule has 0 amide bonds. The van der Waals surface area contributed by atoms with Crippen molar-refractivity contribution in [2.75, 3.05) is 29.0 Å². The molecule has 2 heterocycles. The Hall–Kier alpha value is -3.66. The number of ether oxygens (including phenoxy) is 1. The third kappa shape index (κ3) is 4.07. The van der Waals surface area contributed by atoms with Crippen LogP contribution in [0.3, 0.4) is 0 Å². The number of hydrogen-bond donors (Lipinski definition) is 2. The van der Waals surface area contributed by atoms with E-state index in [0.29, 0.717) is 46.7 Å². The lowest BCUT2D eigenvalue weighted by Gasteiger charge is -2.36. The Morgan fingerprint density at radius 3 is 2.42 bits per heavy atom. The molecule has 10 heteroatoms. The first-order chi connectivity index (χ1) is 17.9. The summed E-state index contributed by atoms with van der Waals surface area (Å²) >= 11 is 0. The zero-order chi connectivity index (χ0) is 27.5. The number of hydrogen-bond acceptors (Lipinski definition) is 5. The lowest BCUT2D eigenvalue weighted by Crippen LogP contribution is -2.34. The number of nitrogens with one attached hydrogen (secondary N) is 1. The van der Waals surface area contributed by atoms with Crippen LogP contribution in [0.25, 0.3) is 22.3 Å². The average molecular weight is 543 g/mol. The minimum Gasteiger partial charge on any atom is -0.490 e. The molecule has 0 spiro atoms. The van der Waals surface area contributed by atoms with Gasteiger partial charge in [0.1, 0.15) is 24.0 Å². The van der Waals surface area contributed by atoms with Gasteiger partial charge in [0.25, 0.3) is 0 Å². The molecular formula is C28H28F2N2O5S. The zero-order valence-electron chi connectivity index (χ0n) is 21.5. The van der Waals surface area contributed by atoms with E-state index in [9.17, 15) is 18.3 Å². The Labute approximate surface area is 220 Å². The van der Waals surface area contributed by atoms with E-state index < -0.39 is 27.6 Å². The molecule has 5 rings (SSSR count). The molecule has 3 aromatic rings. The summed E-state index contributed by atoms with van der Waals surface area (Å²) in [5.74, 6) is -1.65. The fourth-order valence-electron chi connectivity index (χ4n) is 5.73. The predicted molar refractivity (Wildman–Crippen MR) is 142 cm³/mol. The molecule has 2 aliphatic heterocycles. The van der Waals surface area contributed by atoms with Gasteiger partial charge >= 0.3 is 5.97 Å². The van der Waals surface area contributed by atoms with Crippen molar-refractivity contribution in [3.05, 3.63) is 63.7 Å². The summed E-state index contributed by atoms with van der Waals surface area (Å²) in [4.78, 5) is 11.6. The van der Waals surface area contributed by atoms with Gasteiger partial charge in [0.2, 0.25) is 10.0 Å². The van der Waals surface area contributed by atoms with E-state index in [0.717, 1.165) is 39.5 Å². The summed E-state index contributed by atoms with van der Waals surface area (Å²) in [5, 5.41) is 12.9. The molecule has 0 aromatic heterocycles. The standard InChI is InChI=1S/C28H28F2N2O5S/c1-14-17(5-9-22-27(14)31-11-12-37-22)24-16(3)25-26-19(20(29)7-8-21(26)30)13-32(38(4,35)36)28(25)15(2)18(24)6-10-23(33)34/h5,7-9,31H,6,10-13H2,1-4H3,(H,33,34). The second-order valence-corrected chi connectivity index (χ2v) is 11.7. The zero-order valence-corrected chi connectivity index (χ0v) is 22.4. The number of sulfonamides is 1. The maximum absolute atomic E-state index is 15.4. The first-order valence-corrected chi connectivity index (χ1v) is 14.1. The lowest BCUT2D eigenvalue weighted by atomic mass is 9.79. The molecular weight excluding hydrogens is 514 g/mol. The second kappa shape index (κ2) is 9.27. The van der Waals surface area contributed by atoms with Gasteiger partial charge < -0.3 is 15.2 Å². The van der Waals surface area contributed by atoms with Gasteiger partial charge in [-0.25, -0.2) is 17.2 Å². The topological polar surface area (TPSA) is 95.9 Å². The fraction of sp³-hybridized carbons (Fsp3) is 0.321. The second-order valence-electron chi connectivity index (χ2n) is 9.76. The highest BCUT2D eigenvalue weighted by molar-refractivity contribution is 7.92. The number of carboxylic acid groups (broad SMARTS) is 1. The Balaban J connectivity index is 1.93. The molecule has 0 fully saturated rings. The molecule has 7 nitrogen and oxygen atoms in total. The molecule has 200 valence electrons. The number of aliphatic carboxylic acids is 1. The van der Waals surface area contributed by atoms with Crippen molar-refractivity contribution in [3.63, 3.8) is 0 Å². The third-order valence-corrected chi connectivity index (χ3v) is 8.56. The van der Waals surface area contributed by atoms with Gasteiger partial charge in [0.05, 0.1) is 24.2 Å². The van der Waals surface area contributed by atoms with Crippen LogP contribution in [0.2, 0.25) is 0 Å². The lowest BCUT2D eigenvalue weighted by molar-refractivity contribution is -0.136. The van der Waals surface area contributed by atoms with E-state index in [1.165, 1.54) is 0 Å². The SMILES string of the molecule is Cc1c(-c2c(C)c3c(c(C)c2CCC(=O)O)N(S(C)(=O)=O)Cc2c(F)ccc(F)c2-3)ccc2c1NCCO2. The Morgan fingerprint density at radius 2 is 1.74 bits per heavy atom. The number of carbonyl (C=O) groups is 1. The summed E-state index contributed by atoms with van der Waals surface area (Å²) in [6.07, 6.45) is 0.967. The normalized spacial score (nSPS) is 14.2. The van der Waals surface area contributed by atoms with Crippen LogP contribution in [0.4, 0.5) is 20.2 Å². The number of anilines is 2. The summed E-state index contributed by atoms with van der Waals surface area (Å²) in [6, 6.07) is 5.76. The summed E-state index contributed by atoms with van der Waals surface area (Å²) in [6.45, 7) is 6.17. The van der Waals surface area contributed by atoms with Crippen molar-refractivity contribution in [3.8, 4) is 28.0 Å². The number of rotatable bonds is 5. The molecule has 0 aliphatic carbocycles. The number of halogens is 2. The quantitative estimate of drug-likeness (QED) is 0.453. The molecule has 0 radical (unpaired) electrons. The number of carboxylic acids is 1. The molecule has 0 bridgehead atoms. The molecule has 3 aromatic carbocycles. The van der Waals surface area contributed by atoms with E-state index >= 15 is 8.78 Å². The van der Waals surface area contributed by atoms with E-state index in [2.05, 4.69) is 5.32 Å². The molecule has 2 N–H and O–H groups in total. The number of benzene rings is 3. The largest absolute Gasteiger partial charge is 0.490 e. The van der Waals surface area contributed by atoms with Crippen molar-refractivity contribution in [1.29, 1.82) is 0 Å². The summed E-state index contributed by atoms with van der Waals surface area (Å²) < 4.78 is 63.2. The maximum Gasteiger partial charge on any atom is 0.303 e. The van der Waals surface area contributed by atoms with Gasteiger partial charge in [0, 0.05) is 29.7 Å². The van der Waals surface area contributed by atoms with E-state index in [4.69, 9.17) is 4.74 Å². The van der Waals surface area contributed by atoms with Crippen LogP contribution >= 0.6 is 0 Å². The van der Waals surface area contributed by atoms with Gasteiger partial charge in [-0.1, -0.05) is 6.07 Å². The first-order valence-electron chi connectivity index (χ1n) is 12.2. The van der Waals surface area contributed by atoms with E-state index in [1.807, 2.05) is 19.1 Å². The fourth-order valence-corrected chi connectivity index (χ4v) is 6.66. The van der Waals surface area contributed by atoms with Crippen molar-refractivity contribution in [1.82, 2.24) is 0 Å². The number of fused-ring (bicyclic) bond motifs is 4. The monoisotopic (exact) mass is 542 g/mol. The highest BCUT2D eigenvalue weighted by atomic mass is 32.2. The van der Waals surface area contributed by atoms with Gasteiger partial charge in [-0.05, 0) is 78.8 Å². The van der Waals surface area contributed by atoms with Gasteiger partial charge in [0.15, 0.2) is 0 Å². The number of nitrogens with zero attached hydrogens (tertiary/aromatic N) is 1. The minimum atomic E-state index is -3.90. The van der Waals surface area contributed by atoms with E-state index in [-0.39, 0.29) is 36.2 Å². The summed E-state index contributed by atoms with van der Waals surface area (Å²) in [5.41, 5.74) is 5.38. The van der Waals surface area contributed by atoms with Crippen LogP contribution < -0.4 is 14.4 Å². The molecule has 38 heavy (non-hydrogen) atoms. The molecule has 0 unspecified atom stereocenters. The molecule has 0 atom stereocenters. The van der Waals surface area contributed by atoms with Gasteiger partial charge in [-0.2, -0.15) is 0 Å². The average Bonchev–Trinajstić information content (AvgIpc) is 2.86. The predicted octanol–water partition coefficient (Wildman–Crippen LogP) is 5.33. The Bertz CT molecular complexity index is 1620. The van der Waals surface area contributed by atoms with Gasteiger partial charge in [-0.3, -0.25) is 9.10 Å². The first kappa shape index (κ1) is 26.0. The Kier molecular flexibility index (Phi) is 6.33. The van der Waals surface area contributed by atoms with Gasteiger partial charge in [-0.15, -0.1) is 0 Å². The van der Waals surface area contributed by atoms with Crippen LogP contribution in [0.15, 0.2) is 24.3 Å². The van der Waals surface area contributed by atoms with Crippen molar-refractivity contribution >= 4 is 27.4 Å². The van der Waals surface area contributed by atoms with Crippen LogP contribution in [-0.2, 0) is 27.8 Å². The van der Waals surface area contributed by atoms with Crippen LogP contribution in [0.1, 0.15) is 34.2 Å². The maximum atomic E-state index is 15.4. The van der Waals surface area contributed by atoms with Crippen LogP contribution in [-0.4, -0.2) is 38.9 Å². The van der Waals surface area contributed by atoms with Crippen LogP contribution in [0.5, 0.6) is 5.75 Å². The Morgan fingerprint density at radius 1 is 1.03 bits per heavy atom. The van der Waals surface area contributed by atoms with Crippen molar-refractivity contribution in [2.24, 2.45) is 0 Å². The molecule has 2 aliphatic rings. The van der Waals surface area contributed by atoms with Crippen molar-refractivity contribution in [2.45, 2.75) is 40.2 Å². The molecule has 0 saturated carbocycles.